The van der Waals surface area contributed by atoms with E-state index in [1.807, 2.05) is 5.38 Å². The van der Waals surface area contributed by atoms with Crippen LogP contribution in [0.3, 0.4) is 0 Å². The van der Waals surface area contributed by atoms with Crippen LogP contribution in [0.2, 0.25) is 5.02 Å². The van der Waals surface area contributed by atoms with Crippen molar-refractivity contribution < 1.29 is 8.91 Å². The Morgan fingerprint density at radius 3 is 2.58 bits per heavy atom. The first-order valence-corrected chi connectivity index (χ1v) is 6.67. The largest absolute Gasteiger partial charge is 0.380 e. The summed E-state index contributed by atoms with van der Waals surface area (Å²) in [6.45, 7) is 0. The zero-order valence-electron chi connectivity index (χ0n) is 9.56. The van der Waals surface area contributed by atoms with Gasteiger partial charge in [0, 0.05) is 0 Å². The highest BCUT2D eigenvalue weighted by molar-refractivity contribution is 7.14. The molecule has 2 aromatic heterocycles. The fourth-order valence-electron chi connectivity index (χ4n) is 1.81. The number of aromatic nitrogens is 1. The number of benzene rings is 1. The molecule has 3 nitrogen and oxygen atoms in total. The van der Waals surface area contributed by atoms with E-state index in [9.17, 15) is 4.39 Å². The van der Waals surface area contributed by atoms with E-state index in [0.717, 1.165) is 10.4 Å². The molecule has 6 heteroatoms. The highest BCUT2D eigenvalue weighted by Gasteiger charge is 2.20. The Labute approximate surface area is 117 Å². The minimum Gasteiger partial charge on any atom is -0.380 e. The lowest BCUT2D eigenvalue weighted by molar-refractivity contribution is 0.437. The van der Waals surface area contributed by atoms with Gasteiger partial charge in [0.25, 0.3) is 0 Å². The fourth-order valence-corrected chi connectivity index (χ4v) is 2.93. The second kappa shape index (κ2) is 4.68. The van der Waals surface area contributed by atoms with E-state index in [-0.39, 0.29) is 11.6 Å². The molecular formula is C13H8ClFN2OS. The van der Waals surface area contributed by atoms with Crippen molar-refractivity contribution in [2.24, 2.45) is 0 Å². The summed E-state index contributed by atoms with van der Waals surface area (Å²) in [6, 6.07) is 7.75. The molecule has 0 aliphatic rings. The average molecular weight is 295 g/mol. The summed E-state index contributed by atoms with van der Waals surface area (Å²) < 4.78 is 18.2. The Kier molecular flexibility index (Phi) is 3.00. The maximum atomic E-state index is 13.0. The first kappa shape index (κ1) is 12.2. The van der Waals surface area contributed by atoms with E-state index < -0.39 is 0 Å². The van der Waals surface area contributed by atoms with Gasteiger partial charge in [-0.25, -0.2) is 4.39 Å². The third-order valence-electron chi connectivity index (χ3n) is 2.67. The van der Waals surface area contributed by atoms with Crippen LogP contribution < -0.4 is 5.73 Å². The fraction of sp³-hybridized carbons (Fsp3) is 0. The van der Waals surface area contributed by atoms with Crippen molar-refractivity contribution in [2.45, 2.75) is 0 Å². The first-order valence-electron chi connectivity index (χ1n) is 5.41. The monoisotopic (exact) mass is 294 g/mol. The van der Waals surface area contributed by atoms with Crippen LogP contribution in [-0.2, 0) is 0 Å². The van der Waals surface area contributed by atoms with E-state index in [4.69, 9.17) is 21.9 Å². The van der Waals surface area contributed by atoms with E-state index in [2.05, 4.69) is 5.16 Å². The van der Waals surface area contributed by atoms with Crippen LogP contribution >= 0.6 is 22.9 Å². The summed E-state index contributed by atoms with van der Waals surface area (Å²) in [6.07, 6.45) is 0. The molecule has 1 aromatic carbocycles. The molecule has 0 unspecified atom stereocenters. The van der Waals surface area contributed by atoms with Gasteiger partial charge in [-0.15, -0.1) is 11.3 Å². The molecule has 2 N–H and O–H groups in total. The lowest BCUT2D eigenvalue weighted by atomic mass is 10.1. The minimum atomic E-state index is -0.311. The van der Waals surface area contributed by atoms with Gasteiger partial charge in [-0.2, -0.15) is 0 Å². The Hall–Kier alpha value is -1.85. The predicted molar refractivity (Wildman–Crippen MR) is 74.6 cm³/mol. The Morgan fingerprint density at radius 1 is 1.21 bits per heavy atom. The third kappa shape index (κ3) is 2.11. The molecule has 0 spiro atoms. The summed E-state index contributed by atoms with van der Waals surface area (Å²) in [5.74, 6) is 0.449. The Morgan fingerprint density at radius 2 is 1.95 bits per heavy atom. The van der Waals surface area contributed by atoms with Gasteiger partial charge in [-0.05, 0) is 29.1 Å². The number of thiophene rings is 1. The first-order chi connectivity index (χ1) is 9.16. The van der Waals surface area contributed by atoms with Gasteiger partial charge >= 0.3 is 0 Å². The highest BCUT2D eigenvalue weighted by atomic mass is 35.5. The summed E-state index contributed by atoms with van der Waals surface area (Å²) >= 11 is 7.52. The van der Waals surface area contributed by atoms with Crippen molar-refractivity contribution in [1.82, 2.24) is 5.16 Å². The van der Waals surface area contributed by atoms with Gasteiger partial charge in [0.2, 0.25) is 0 Å². The lowest BCUT2D eigenvalue weighted by Gasteiger charge is -2.01. The summed E-state index contributed by atoms with van der Waals surface area (Å²) in [7, 11) is 0. The van der Waals surface area contributed by atoms with Gasteiger partial charge in [0.05, 0.1) is 15.5 Å². The van der Waals surface area contributed by atoms with Gasteiger partial charge in [-0.3, -0.25) is 0 Å². The SMILES string of the molecule is Nc1noc(-c2sccc2Cl)c1-c1ccc(F)cc1. The molecule has 19 heavy (non-hydrogen) atoms. The van der Waals surface area contributed by atoms with Crippen molar-refractivity contribution in [1.29, 1.82) is 0 Å². The predicted octanol–water partition coefficient (Wildman–Crippen LogP) is 4.44. The molecule has 3 rings (SSSR count). The number of nitrogens with zero attached hydrogens (tertiary/aromatic N) is 1. The maximum absolute atomic E-state index is 13.0. The highest BCUT2D eigenvalue weighted by Crippen LogP contribution is 2.42. The molecular weight excluding hydrogens is 287 g/mol. The van der Waals surface area contributed by atoms with Gasteiger partial charge in [0.15, 0.2) is 11.6 Å². The molecule has 0 aliphatic carbocycles. The minimum absolute atomic E-state index is 0.256. The Bertz CT molecular complexity index is 721. The second-order valence-corrected chi connectivity index (χ2v) is 5.20. The van der Waals surface area contributed by atoms with Crippen molar-refractivity contribution in [3.63, 3.8) is 0 Å². The van der Waals surface area contributed by atoms with Crippen LogP contribution in [0.25, 0.3) is 21.8 Å². The van der Waals surface area contributed by atoms with Crippen LogP contribution in [0, 0.1) is 5.82 Å². The molecule has 0 fully saturated rings. The zero-order chi connectivity index (χ0) is 13.4. The average Bonchev–Trinajstić information content (AvgIpc) is 2.97. The maximum Gasteiger partial charge on any atom is 0.188 e. The molecule has 2 heterocycles. The van der Waals surface area contributed by atoms with E-state index in [1.54, 1.807) is 18.2 Å². The van der Waals surface area contributed by atoms with Gasteiger partial charge in [-0.1, -0.05) is 28.9 Å². The van der Waals surface area contributed by atoms with Gasteiger partial charge in [0.1, 0.15) is 5.82 Å². The number of halogens is 2. The molecule has 0 radical (unpaired) electrons. The smallest absolute Gasteiger partial charge is 0.188 e. The van der Waals surface area contributed by atoms with Crippen LogP contribution in [0.15, 0.2) is 40.2 Å². The summed E-state index contributed by atoms with van der Waals surface area (Å²) in [4.78, 5) is 0.755. The van der Waals surface area contributed by atoms with Crippen LogP contribution in [-0.4, -0.2) is 5.16 Å². The molecule has 0 atom stereocenters. The van der Waals surface area contributed by atoms with Gasteiger partial charge < -0.3 is 10.3 Å². The van der Waals surface area contributed by atoms with Crippen LogP contribution in [0.1, 0.15) is 0 Å². The number of hydrogen-bond donors (Lipinski definition) is 1. The molecule has 0 saturated carbocycles. The van der Waals surface area contributed by atoms with Crippen molar-refractivity contribution >= 4 is 28.8 Å². The molecule has 96 valence electrons. The number of rotatable bonds is 2. The number of hydrogen-bond acceptors (Lipinski definition) is 4. The third-order valence-corrected chi connectivity index (χ3v) is 4.01. The standard InChI is InChI=1S/C13H8ClFN2OS/c14-9-5-6-19-12(9)11-10(13(16)17-18-11)7-1-3-8(15)4-2-7/h1-6H,(H2,16,17). The van der Waals surface area contributed by atoms with E-state index >= 15 is 0 Å². The van der Waals surface area contributed by atoms with Crippen molar-refractivity contribution in [3.8, 4) is 21.8 Å². The number of nitrogens with two attached hydrogens (primary N) is 1. The summed E-state index contributed by atoms with van der Waals surface area (Å²) in [5, 5.41) is 6.20. The molecule has 0 saturated heterocycles. The van der Waals surface area contributed by atoms with Crippen LogP contribution in [0.5, 0.6) is 0 Å². The van der Waals surface area contributed by atoms with E-state index in [1.165, 1.54) is 23.5 Å². The van der Waals surface area contributed by atoms with Crippen molar-refractivity contribution in [3.05, 3.63) is 46.6 Å². The molecule has 3 aromatic rings. The number of anilines is 1. The lowest BCUT2D eigenvalue weighted by Crippen LogP contribution is -1.88. The molecule has 0 bridgehead atoms. The van der Waals surface area contributed by atoms with Crippen LogP contribution in [0.4, 0.5) is 10.2 Å². The normalized spacial score (nSPS) is 10.8. The van der Waals surface area contributed by atoms with E-state index in [0.29, 0.717) is 16.3 Å². The zero-order valence-corrected chi connectivity index (χ0v) is 11.1. The quantitative estimate of drug-likeness (QED) is 0.760. The number of nitrogen functional groups attached to an aromatic ring is 1. The summed E-state index contributed by atoms with van der Waals surface area (Å²) in [5.41, 5.74) is 7.20. The topological polar surface area (TPSA) is 52.0 Å². The molecule has 0 amide bonds. The second-order valence-electron chi connectivity index (χ2n) is 3.88. The van der Waals surface area contributed by atoms with Crippen molar-refractivity contribution in [2.75, 3.05) is 5.73 Å². The Balaban J connectivity index is 2.19. The molecule has 0 aliphatic heterocycles.